The largest absolute Gasteiger partial charge is 0.434 e. The van der Waals surface area contributed by atoms with Gasteiger partial charge in [0.1, 0.15) is 0 Å². The van der Waals surface area contributed by atoms with E-state index in [-0.39, 0.29) is 10.6 Å². The lowest BCUT2D eigenvalue weighted by Crippen LogP contribution is -2.09. The first-order chi connectivity index (χ1) is 5.84. The molecule has 6 heteroatoms. The lowest BCUT2D eigenvalue weighted by molar-refractivity contribution is -0.141. The van der Waals surface area contributed by atoms with Crippen LogP contribution in [-0.2, 0) is 6.18 Å². The highest BCUT2D eigenvalue weighted by atomic mass is 35.5. The zero-order chi connectivity index (χ0) is 10.2. The van der Waals surface area contributed by atoms with Gasteiger partial charge < -0.3 is 0 Å². The average Bonchev–Trinajstić information content (AvgIpc) is 1.98. The first-order valence-electron chi connectivity index (χ1n) is 3.22. The molecule has 0 fully saturated rings. The minimum Gasteiger partial charge on any atom is -0.249 e. The van der Waals surface area contributed by atoms with Crippen LogP contribution in [0, 0.1) is 6.92 Å². The number of alkyl halides is 3. The van der Waals surface area contributed by atoms with E-state index in [0.29, 0.717) is 0 Å². The maximum absolute atomic E-state index is 12.2. The van der Waals surface area contributed by atoms with Crippen LogP contribution in [0.25, 0.3) is 0 Å². The van der Waals surface area contributed by atoms with Gasteiger partial charge in [-0.25, -0.2) is 4.98 Å². The monoisotopic (exact) mass is 229 g/mol. The Balaban J connectivity index is 3.35. The Kier molecular flexibility index (Phi) is 2.73. The highest BCUT2D eigenvalue weighted by molar-refractivity contribution is 6.36. The molecule has 0 saturated heterocycles. The van der Waals surface area contributed by atoms with Gasteiger partial charge in [0.25, 0.3) is 0 Å². The van der Waals surface area contributed by atoms with Crippen molar-refractivity contribution in [1.29, 1.82) is 0 Å². The van der Waals surface area contributed by atoms with Crippen LogP contribution in [0.5, 0.6) is 0 Å². The van der Waals surface area contributed by atoms with E-state index in [1.54, 1.807) is 0 Å². The van der Waals surface area contributed by atoms with Gasteiger partial charge in [-0.3, -0.25) is 0 Å². The molecular weight excluding hydrogens is 226 g/mol. The molecule has 0 N–H and O–H groups in total. The summed E-state index contributed by atoms with van der Waals surface area (Å²) < 4.78 is 36.5. The predicted molar refractivity (Wildman–Crippen MR) is 44.0 cm³/mol. The Morgan fingerprint density at radius 3 is 2.31 bits per heavy atom. The zero-order valence-electron chi connectivity index (χ0n) is 6.41. The van der Waals surface area contributed by atoms with Crippen molar-refractivity contribution in [3.05, 3.63) is 27.5 Å². The molecule has 13 heavy (non-hydrogen) atoms. The van der Waals surface area contributed by atoms with E-state index >= 15 is 0 Å². The van der Waals surface area contributed by atoms with Gasteiger partial charge in [0.2, 0.25) is 0 Å². The SMILES string of the molecule is Cc1c(Cl)cnc(C(F)(F)F)c1Cl. The van der Waals surface area contributed by atoms with Crippen LogP contribution in [0.3, 0.4) is 0 Å². The molecule has 0 atom stereocenters. The lowest BCUT2D eigenvalue weighted by atomic mass is 10.2. The summed E-state index contributed by atoms with van der Waals surface area (Å²) in [5.74, 6) is 0. The normalized spacial score (nSPS) is 11.8. The number of rotatable bonds is 0. The topological polar surface area (TPSA) is 12.9 Å². The van der Waals surface area contributed by atoms with E-state index in [2.05, 4.69) is 4.98 Å². The molecule has 1 aromatic heterocycles. The van der Waals surface area contributed by atoms with Crippen LogP contribution >= 0.6 is 23.2 Å². The summed E-state index contributed by atoms with van der Waals surface area (Å²) in [6, 6.07) is 0. The fourth-order valence-corrected chi connectivity index (χ4v) is 1.20. The van der Waals surface area contributed by atoms with Gasteiger partial charge in [-0.15, -0.1) is 0 Å². The van der Waals surface area contributed by atoms with Crippen molar-refractivity contribution in [2.45, 2.75) is 13.1 Å². The molecule has 0 bridgehead atoms. The smallest absolute Gasteiger partial charge is 0.249 e. The summed E-state index contributed by atoms with van der Waals surface area (Å²) in [6.45, 7) is 1.40. The van der Waals surface area contributed by atoms with Gasteiger partial charge in [-0.1, -0.05) is 23.2 Å². The van der Waals surface area contributed by atoms with Crippen molar-refractivity contribution < 1.29 is 13.2 Å². The summed E-state index contributed by atoms with van der Waals surface area (Å²) in [5.41, 5.74) is -0.915. The van der Waals surface area contributed by atoms with Gasteiger partial charge in [0, 0.05) is 6.20 Å². The molecule has 72 valence electrons. The molecule has 0 aliphatic carbocycles. The number of halogens is 5. The van der Waals surface area contributed by atoms with Crippen LogP contribution in [0.2, 0.25) is 10.0 Å². The molecule has 0 unspecified atom stereocenters. The Morgan fingerprint density at radius 1 is 1.31 bits per heavy atom. The molecule has 0 saturated carbocycles. The van der Waals surface area contributed by atoms with E-state index in [9.17, 15) is 13.2 Å². The van der Waals surface area contributed by atoms with Crippen molar-refractivity contribution in [2.75, 3.05) is 0 Å². The van der Waals surface area contributed by atoms with Gasteiger partial charge in [-0.2, -0.15) is 13.2 Å². The molecule has 1 heterocycles. The zero-order valence-corrected chi connectivity index (χ0v) is 7.93. The van der Waals surface area contributed by atoms with Crippen LogP contribution in [0.15, 0.2) is 6.20 Å². The van der Waals surface area contributed by atoms with Crippen LogP contribution in [0.1, 0.15) is 11.3 Å². The van der Waals surface area contributed by atoms with Gasteiger partial charge in [-0.05, 0) is 12.5 Å². The summed E-state index contributed by atoms with van der Waals surface area (Å²) in [5, 5.41) is -0.321. The van der Waals surface area contributed by atoms with Gasteiger partial charge >= 0.3 is 6.18 Å². The third-order valence-electron chi connectivity index (χ3n) is 1.47. The van der Waals surface area contributed by atoms with Crippen LogP contribution in [-0.4, -0.2) is 4.98 Å². The van der Waals surface area contributed by atoms with Gasteiger partial charge in [0.05, 0.1) is 10.0 Å². The Labute approximate surface area is 82.5 Å². The second kappa shape index (κ2) is 3.35. The van der Waals surface area contributed by atoms with E-state index in [0.717, 1.165) is 6.20 Å². The molecule has 0 amide bonds. The Bertz CT molecular complexity index is 335. The molecule has 0 aromatic carbocycles. The number of hydrogen-bond acceptors (Lipinski definition) is 1. The summed E-state index contributed by atoms with van der Waals surface area (Å²) >= 11 is 10.9. The Morgan fingerprint density at radius 2 is 1.85 bits per heavy atom. The number of nitrogens with zero attached hydrogens (tertiary/aromatic N) is 1. The van der Waals surface area contributed by atoms with Crippen molar-refractivity contribution in [1.82, 2.24) is 4.98 Å². The molecule has 0 aliphatic rings. The second-order valence-electron chi connectivity index (χ2n) is 2.39. The number of pyridine rings is 1. The van der Waals surface area contributed by atoms with Crippen molar-refractivity contribution in [2.24, 2.45) is 0 Å². The predicted octanol–water partition coefficient (Wildman–Crippen LogP) is 3.72. The number of hydrogen-bond donors (Lipinski definition) is 0. The summed E-state index contributed by atoms with van der Waals surface area (Å²) in [7, 11) is 0. The fraction of sp³-hybridized carbons (Fsp3) is 0.286. The second-order valence-corrected chi connectivity index (χ2v) is 3.18. The first kappa shape index (κ1) is 10.6. The number of aromatic nitrogens is 1. The van der Waals surface area contributed by atoms with Crippen LogP contribution in [0.4, 0.5) is 13.2 Å². The van der Waals surface area contributed by atoms with E-state index < -0.39 is 16.9 Å². The third kappa shape index (κ3) is 2.06. The van der Waals surface area contributed by atoms with Crippen molar-refractivity contribution in [3.63, 3.8) is 0 Å². The van der Waals surface area contributed by atoms with E-state index in [4.69, 9.17) is 23.2 Å². The minimum atomic E-state index is -4.54. The Hall–Kier alpha value is -0.480. The van der Waals surface area contributed by atoms with E-state index in [1.165, 1.54) is 6.92 Å². The molecule has 0 radical (unpaired) electrons. The third-order valence-corrected chi connectivity index (χ3v) is 2.31. The lowest BCUT2D eigenvalue weighted by Gasteiger charge is -2.09. The highest BCUT2D eigenvalue weighted by Crippen LogP contribution is 2.36. The highest BCUT2D eigenvalue weighted by Gasteiger charge is 2.35. The summed E-state index contributed by atoms with van der Waals surface area (Å²) in [4.78, 5) is 3.12. The maximum atomic E-state index is 12.2. The molecule has 1 aromatic rings. The maximum Gasteiger partial charge on any atom is 0.434 e. The standard InChI is InChI=1S/C7H4Cl2F3N/c1-3-4(8)2-13-6(5(3)9)7(10,11)12/h2H,1H3. The van der Waals surface area contributed by atoms with E-state index in [1.807, 2.05) is 0 Å². The van der Waals surface area contributed by atoms with Crippen molar-refractivity contribution >= 4 is 23.2 Å². The van der Waals surface area contributed by atoms with Crippen molar-refractivity contribution in [3.8, 4) is 0 Å². The molecule has 1 rings (SSSR count). The molecular formula is C7H4Cl2F3N. The quantitative estimate of drug-likeness (QED) is 0.661. The average molecular weight is 230 g/mol. The molecule has 0 spiro atoms. The molecule has 1 nitrogen and oxygen atoms in total. The minimum absolute atomic E-state index is 0.123. The summed E-state index contributed by atoms with van der Waals surface area (Å²) in [6.07, 6.45) is -3.60. The fourth-order valence-electron chi connectivity index (χ4n) is 0.755. The van der Waals surface area contributed by atoms with Crippen LogP contribution < -0.4 is 0 Å². The van der Waals surface area contributed by atoms with Gasteiger partial charge in [0.15, 0.2) is 5.69 Å². The first-order valence-corrected chi connectivity index (χ1v) is 3.97. The molecule has 0 aliphatic heterocycles.